The minimum atomic E-state index is -0.0127. The number of halogens is 1. The Morgan fingerprint density at radius 2 is 2.21 bits per heavy atom. The third-order valence-corrected chi connectivity index (χ3v) is 4.18. The summed E-state index contributed by atoms with van der Waals surface area (Å²) in [6.45, 7) is 3.23. The van der Waals surface area contributed by atoms with E-state index in [4.69, 9.17) is 0 Å². The lowest BCUT2D eigenvalue weighted by molar-refractivity contribution is 0.497. The molecule has 1 aliphatic heterocycles. The number of fused-ring (bicyclic) bond motifs is 1. The molecule has 2 aromatic rings. The molecule has 2 aromatic heterocycles. The van der Waals surface area contributed by atoms with Crippen LogP contribution in [0.15, 0.2) is 11.0 Å². The third-order valence-electron chi connectivity index (χ3n) is 3.44. The van der Waals surface area contributed by atoms with Crippen LogP contribution >= 0.6 is 22.6 Å². The lowest BCUT2D eigenvalue weighted by atomic mass is 10.2. The van der Waals surface area contributed by atoms with Gasteiger partial charge in [-0.15, -0.1) is 10.2 Å². The van der Waals surface area contributed by atoms with E-state index in [0.29, 0.717) is 15.9 Å². The molecule has 0 unspecified atom stereocenters. The Labute approximate surface area is 124 Å². The fourth-order valence-corrected chi connectivity index (χ4v) is 2.79. The molecule has 0 aromatic carbocycles. The van der Waals surface area contributed by atoms with E-state index in [1.807, 2.05) is 29.5 Å². The first-order valence-corrected chi connectivity index (χ1v) is 7.37. The normalized spacial score (nSPS) is 14.4. The molecule has 1 aliphatic rings. The van der Waals surface area contributed by atoms with Gasteiger partial charge < -0.3 is 4.57 Å². The van der Waals surface area contributed by atoms with Gasteiger partial charge in [0.05, 0.1) is 10.1 Å². The van der Waals surface area contributed by atoms with E-state index in [9.17, 15) is 4.79 Å². The molecule has 0 bridgehead atoms. The highest BCUT2D eigenvalue weighted by atomic mass is 127. The first-order chi connectivity index (χ1) is 9.16. The summed E-state index contributed by atoms with van der Waals surface area (Å²) in [6, 6.07) is 0. The zero-order valence-corrected chi connectivity index (χ0v) is 12.8. The number of aryl methyl sites for hydroxylation is 2. The summed E-state index contributed by atoms with van der Waals surface area (Å²) in [5, 5.41) is 8.44. The van der Waals surface area contributed by atoms with Gasteiger partial charge in [-0.05, 0) is 42.4 Å². The Bertz CT molecular complexity index is 675. The molecular formula is C12H14IN5O. The highest BCUT2D eigenvalue weighted by molar-refractivity contribution is 14.1. The van der Waals surface area contributed by atoms with Crippen LogP contribution < -0.4 is 5.56 Å². The van der Waals surface area contributed by atoms with Crippen LogP contribution in [0.2, 0.25) is 0 Å². The van der Waals surface area contributed by atoms with Gasteiger partial charge in [0.1, 0.15) is 11.6 Å². The van der Waals surface area contributed by atoms with Crippen molar-refractivity contribution in [2.24, 2.45) is 0 Å². The average molecular weight is 371 g/mol. The van der Waals surface area contributed by atoms with Crippen molar-refractivity contribution >= 4 is 22.6 Å². The molecule has 6 nitrogen and oxygen atoms in total. The van der Waals surface area contributed by atoms with Crippen LogP contribution in [0, 0.1) is 10.5 Å². The summed E-state index contributed by atoms with van der Waals surface area (Å²) in [5.74, 6) is 2.59. The Hall–Kier alpha value is -1.25. The summed E-state index contributed by atoms with van der Waals surface area (Å²) in [6.07, 6.45) is 4.90. The molecule has 0 fully saturated rings. The highest BCUT2D eigenvalue weighted by Crippen LogP contribution is 2.14. The zero-order chi connectivity index (χ0) is 13.4. The predicted octanol–water partition coefficient (Wildman–Crippen LogP) is 1.13. The van der Waals surface area contributed by atoms with Crippen LogP contribution in [-0.4, -0.2) is 24.3 Å². The molecule has 0 saturated carbocycles. The van der Waals surface area contributed by atoms with Crippen LogP contribution in [0.4, 0.5) is 0 Å². The summed E-state index contributed by atoms with van der Waals surface area (Å²) in [5.41, 5.74) is -0.0127. The van der Waals surface area contributed by atoms with Crippen molar-refractivity contribution < 1.29 is 0 Å². The molecule has 3 rings (SSSR count). The molecule has 0 spiro atoms. The Morgan fingerprint density at radius 3 is 3.05 bits per heavy atom. The van der Waals surface area contributed by atoms with Crippen molar-refractivity contribution in [3.05, 3.63) is 37.6 Å². The molecule has 0 N–H and O–H groups in total. The van der Waals surface area contributed by atoms with Crippen molar-refractivity contribution in [1.82, 2.24) is 24.3 Å². The number of hydrogen-bond donors (Lipinski definition) is 0. The van der Waals surface area contributed by atoms with Crippen molar-refractivity contribution in [2.45, 2.75) is 39.3 Å². The summed E-state index contributed by atoms with van der Waals surface area (Å²) in [4.78, 5) is 16.4. The second kappa shape index (κ2) is 5.03. The van der Waals surface area contributed by atoms with E-state index < -0.39 is 0 Å². The summed E-state index contributed by atoms with van der Waals surface area (Å²) >= 11 is 2.01. The summed E-state index contributed by atoms with van der Waals surface area (Å²) < 4.78 is 4.42. The van der Waals surface area contributed by atoms with Gasteiger partial charge in [0.25, 0.3) is 5.56 Å². The van der Waals surface area contributed by atoms with Gasteiger partial charge in [-0.3, -0.25) is 9.36 Å². The second-order valence-electron chi connectivity index (χ2n) is 4.69. The molecule has 19 heavy (non-hydrogen) atoms. The average Bonchev–Trinajstić information content (AvgIpc) is 2.83. The molecule has 0 radical (unpaired) electrons. The Morgan fingerprint density at radius 1 is 1.37 bits per heavy atom. The van der Waals surface area contributed by atoms with Gasteiger partial charge in [-0.25, -0.2) is 4.98 Å². The molecule has 0 amide bonds. The predicted molar refractivity (Wildman–Crippen MR) is 78.0 cm³/mol. The maximum absolute atomic E-state index is 12.1. The second-order valence-corrected chi connectivity index (χ2v) is 5.85. The lowest BCUT2D eigenvalue weighted by Gasteiger charge is -2.15. The molecule has 100 valence electrons. The largest absolute Gasteiger partial charge is 0.313 e. The molecule has 0 saturated heterocycles. The molecule has 0 aliphatic carbocycles. The van der Waals surface area contributed by atoms with Crippen molar-refractivity contribution in [3.8, 4) is 0 Å². The molecular weight excluding hydrogens is 357 g/mol. The Balaban J connectivity index is 2.00. The van der Waals surface area contributed by atoms with Gasteiger partial charge in [0.15, 0.2) is 5.82 Å². The SMILES string of the molecule is Cc1ncc(I)c(=O)n1Cc1nnc2n1CCCC2. The first kappa shape index (κ1) is 12.8. The monoisotopic (exact) mass is 371 g/mol. The maximum atomic E-state index is 12.1. The standard InChI is InChI=1S/C12H14IN5O/c1-8-14-6-9(13)12(19)18(8)7-11-16-15-10-4-2-3-5-17(10)11/h6H,2-5,7H2,1H3. The van der Waals surface area contributed by atoms with E-state index in [1.54, 1.807) is 10.8 Å². The number of hydrogen-bond acceptors (Lipinski definition) is 4. The van der Waals surface area contributed by atoms with E-state index >= 15 is 0 Å². The number of nitrogens with zero attached hydrogens (tertiary/aromatic N) is 5. The number of rotatable bonds is 2. The van der Waals surface area contributed by atoms with Crippen LogP contribution in [0.5, 0.6) is 0 Å². The van der Waals surface area contributed by atoms with Crippen LogP contribution in [0.1, 0.15) is 30.3 Å². The quantitative estimate of drug-likeness (QED) is 0.743. The van der Waals surface area contributed by atoms with E-state index in [0.717, 1.165) is 31.0 Å². The Kier molecular flexibility index (Phi) is 3.38. The fourth-order valence-electron chi connectivity index (χ4n) is 2.36. The lowest BCUT2D eigenvalue weighted by Crippen LogP contribution is -2.27. The van der Waals surface area contributed by atoms with E-state index in [1.165, 1.54) is 6.42 Å². The highest BCUT2D eigenvalue weighted by Gasteiger charge is 2.17. The van der Waals surface area contributed by atoms with Crippen molar-refractivity contribution in [2.75, 3.05) is 0 Å². The smallest absolute Gasteiger partial charge is 0.267 e. The topological polar surface area (TPSA) is 65.6 Å². The summed E-state index contributed by atoms with van der Waals surface area (Å²) in [7, 11) is 0. The van der Waals surface area contributed by atoms with Crippen LogP contribution in [0.3, 0.4) is 0 Å². The van der Waals surface area contributed by atoms with E-state index in [2.05, 4.69) is 19.7 Å². The zero-order valence-electron chi connectivity index (χ0n) is 10.6. The van der Waals surface area contributed by atoms with Crippen LogP contribution in [0.25, 0.3) is 0 Å². The van der Waals surface area contributed by atoms with Gasteiger partial charge in [0, 0.05) is 19.2 Å². The van der Waals surface area contributed by atoms with Gasteiger partial charge >= 0.3 is 0 Å². The molecule has 0 atom stereocenters. The van der Waals surface area contributed by atoms with Gasteiger partial charge in [0.2, 0.25) is 0 Å². The van der Waals surface area contributed by atoms with Crippen LogP contribution in [-0.2, 0) is 19.5 Å². The minimum absolute atomic E-state index is 0.0127. The third kappa shape index (κ3) is 2.31. The van der Waals surface area contributed by atoms with Crippen molar-refractivity contribution in [3.63, 3.8) is 0 Å². The minimum Gasteiger partial charge on any atom is -0.313 e. The van der Waals surface area contributed by atoms with Crippen molar-refractivity contribution in [1.29, 1.82) is 0 Å². The van der Waals surface area contributed by atoms with Gasteiger partial charge in [-0.1, -0.05) is 0 Å². The first-order valence-electron chi connectivity index (χ1n) is 6.29. The number of aromatic nitrogens is 5. The molecule has 7 heteroatoms. The van der Waals surface area contributed by atoms with E-state index in [-0.39, 0.29) is 5.56 Å². The maximum Gasteiger partial charge on any atom is 0.267 e. The molecule has 3 heterocycles. The fraction of sp³-hybridized carbons (Fsp3) is 0.500. The van der Waals surface area contributed by atoms with Gasteiger partial charge in [-0.2, -0.15) is 0 Å².